The molecule has 0 radical (unpaired) electrons. The van der Waals surface area contributed by atoms with Crippen LogP contribution in [0.5, 0.6) is 0 Å². The Bertz CT molecular complexity index is 250. The molecule has 18 heavy (non-hydrogen) atoms. The molecule has 3 nitrogen and oxygen atoms in total. The van der Waals surface area contributed by atoms with Crippen LogP contribution in [0.3, 0.4) is 0 Å². The molecule has 1 fully saturated rings. The van der Waals surface area contributed by atoms with Crippen LogP contribution >= 0.6 is 0 Å². The molecule has 1 amide bonds. The van der Waals surface area contributed by atoms with Crippen molar-refractivity contribution in [3.8, 4) is 0 Å². The standard InChI is InChI=1S/C15H29NO2/c1-12(13-9-7-5-6-8-10-13)16-14(17)11-18-15(2,3)4/h12-13H,5-11H2,1-4H3,(H,16,17)/t12-/m0/s1. The highest BCUT2D eigenvalue weighted by atomic mass is 16.5. The van der Waals surface area contributed by atoms with Crippen molar-refractivity contribution in [3.63, 3.8) is 0 Å². The predicted octanol–water partition coefficient (Wildman–Crippen LogP) is 3.28. The van der Waals surface area contributed by atoms with E-state index in [4.69, 9.17) is 4.74 Å². The van der Waals surface area contributed by atoms with Crippen LogP contribution in [0.2, 0.25) is 0 Å². The maximum absolute atomic E-state index is 11.8. The Labute approximate surface area is 112 Å². The van der Waals surface area contributed by atoms with E-state index in [0.29, 0.717) is 5.92 Å². The minimum atomic E-state index is -0.247. The lowest BCUT2D eigenvalue weighted by Crippen LogP contribution is -2.41. The molecule has 1 atom stereocenters. The van der Waals surface area contributed by atoms with Crippen molar-refractivity contribution < 1.29 is 9.53 Å². The summed E-state index contributed by atoms with van der Waals surface area (Å²) >= 11 is 0. The van der Waals surface area contributed by atoms with E-state index in [-0.39, 0.29) is 24.2 Å². The summed E-state index contributed by atoms with van der Waals surface area (Å²) in [7, 11) is 0. The van der Waals surface area contributed by atoms with E-state index in [9.17, 15) is 4.79 Å². The Morgan fingerprint density at radius 1 is 1.22 bits per heavy atom. The number of ether oxygens (including phenoxy) is 1. The molecule has 1 aliphatic carbocycles. The second kappa shape index (κ2) is 7.13. The average Bonchev–Trinajstić information content (AvgIpc) is 2.54. The third-order valence-electron chi connectivity index (χ3n) is 3.63. The molecule has 0 saturated heterocycles. The monoisotopic (exact) mass is 255 g/mol. The minimum Gasteiger partial charge on any atom is -0.366 e. The predicted molar refractivity (Wildman–Crippen MR) is 74.5 cm³/mol. The van der Waals surface area contributed by atoms with Crippen molar-refractivity contribution in [2.24, 2.45) is 5.92 Å². The van der Waals surface area contributed by atoms with Gasteiger partial charge in [-0.1, -0.05) is 25.7 Å². The van der Waals surface area contributed by atoms with Crippen LogP contribution in [0.25, 0.3) is 0 Å². The number of rotatable bonds is 4. The fraction of sp³-hybridized carbons (Fsp3) is 0.933. The van der Waals surface area contributed by atoms with Crippen LogP contribution < -0.4 is 5.32 Å². The van der Waals surface area contributed by atoms with Gasteiger partial charge in [0.1, 0.15) is 6.61 Å². The van der Waals surface area contributed by atoms with Crippen LogP contribution in [-0.2, 0) is 9.53 Å². The van der Waals surface area contributed by atoms with Crippen LogP contribution in [0.15, 0.2) is 0 Å². The summed E-state index contributed by atoms with van der Waals surface area (Å²) < 4.78 is 5.49. The van der Waals surface area contributed by atoms with Gasteiger partial charge >= 0.3 is 0 Å². The average molecular weight is 255 g/mol. The molecule has 0 aromatic carbocycles. The lowest BCUT2D eigenvalue weighted by atomic mass is 9.93. The molecule has 0 aliphatic heterocycles. The summed E-state index contributed by atoms with van der Waals surface area (Å²) in [4.78, 5) is 11.8. The number of carbonyl (C=O) groups is 1. The quantitative estimate of drug-likeness (QED) is 0.783. The fourth-order valence-electron chi connectivity index (χ4n) is 2.51. The molecule has 0 heterocycles. The molecule has 1 N–H and O–H groups in total. The third kappa shape index (κ3) is 6.39. The molecule has 0 bridgehead atoms. The highest BCUT2D eigenvalue weighted by molar-refractivity contribution is 5.77. The van der Waals surface area contributed by atoms with Crippen molar-refractivity contribution in [3.05, 3.63) is 0 Å². The summed E-state index contributed by atoms with van der Waals surface area (Å²) in [5.74, 6) is 0.660. The molecule has 1 rings (SSSR count). The van der Waals surface area contributed by atoms with Crippen molar-refractivity contribution in [2.75, 3.05) is 6.61 Å². The van der Waals surface area contributed by atoms with Gasteiger partial charge in [-0.2, -0.15) is 0 Å². The molecular formula is C15H29NO2. The number of hydrogen-bond donors (Lipinski definition) is 1. The number of amides is 1. The number of carbonyl (C=O) groups excluding carboxylic acids is 1. The van der Waals surface area contributed by atoms with E-state index >= 15 is 0 Å². The van der Waals surface area contributed by atoms with E-state index in [0.717, 1.165) is 0 Å². The Morgan fingerprint density at radius 3 is 2.28 bits per heavy atom. The fourth-order valence-corrected chi connectivity index (χ4v) is 2.51. The number of hydrogen-bond acceptors (Lipinski definition) is 2. The van der Waals surface area contributed by atoms with Crippen LogP contribution in [-0.4, -0.2) is 24.2 Å². The first-order valence-corrected chi connectivity index (χ1v) is 7.32. The number of nitrogens with one attached hydrogen (secondary N) is 1. The van der Waals surface area contributed by atoms with Gasteiger partial charge in [0.25, 0.3) is 0 Å². The minimum absolute atomic E-state index is 0.0154. The molecular weight excluding hydrogens is 226 g/mol. The molecule has 0 aromatic heterocycles. The smallest absolute Gasteiger partial charge is 0.246 e. The summed E-state index contributed by atoms with van der Waals surface area (Å²) in [6.07, 6.45) is 7.82. The van der Waals surface area contributed by atoms with E-state index in [1.165, 1.54) is 38.5 Å². The van der Waals surface area contributed by atoms with Gasteiger partial charge in [-0.25, -0.2) is 0 Å². The summed E-state index contributed by atoms with van der Waals surface area (Å²) in [6.45, 7) is 8.20. The molecule has 1 aliphatic rings. The zero-order valence-electron chi connectivity index (χ0n) is 12.4. The van der Waals surface area contributed by atoms with E-state index in [1.54, 1.807) is 0 Å². The molecule has 3 heteroatoms. The van der Waals surface area contributed by atoms with Crippen molar-refractivity contribution >= 4 is 5.91 Å². The Morgan fingerprint density at radius 2 is 1.78 bits per heavy atom. The van der Waals surface area contributed by atoms with Gasteiger partial charge in [-0.05, 0) is 46.5 Å². The Balaban J connectivity index is 2.29. The van der Waals surface area contributed by atoms with Crippen LogP contribution in [0.1, 0.15) is 66.2 Å². The topological polar surface area (TPSA) is 38.3 Å². The lowest BCUT2D eigenvalue weighted by molar-refractivity contribution is -0.131. The van der Waals surface area contributed by atoms with Gasteiger partial charge in [0.2, 0.25) is 5.91 Å². The third-order valence-corrected chi connectivity index (χ3v) is 3.63. The first-order chi connectivity index (χ1) is 8.38. The van der Waals surface area contributed by atoms with Gasteiger partial charge < -0.3 is 10.1 Å². The zero-order valence-corrected chi connectivity index (χ0v) is 12.4. The van der Waals surface area contributed by atoms with Gasteiger partial charge in [0.15, 0.2) is 0 Å². The maximum atomic E-state index is 11.8. The SMILES string of the molecule is C[C@H](NC(=O)COC(C)(C)C)C1CCCCCC1. The second-order valence-corrected chi connectivity index (χ2v) is 6.51. The van der Waals surface area contributed by atoms with Gasteiger partial charge in [0.05, 0.1) is 5.60 Å². The highest BCUT2D eigenvalue weighted by Gasteiger charge is 2.21. The Hall–Kier alpha value is -0.570. The second-order valence-electron chi connectivity index (χ2n) is 6.51. The van der Waals surface area contributed by atoms with Gasteiger partial charge in [0, 0.05) is 6.04 Å². The first kappa shape index (κ1) is 15.5. The van der Waals surface area contributed by atoms with Crippen molar-refractivity contribution in [1.29, 1.82) is 0 Å². The van der Waals surface area contributed by atoms with Crippen LogP contribution in [0.4, 0.5) is 0 Å². The summed E-state index contributed by atoms with van der Waals surface area (Å²) in [5, 5.41) is 3.09. The lowest BCUT2D eigenvalue weighted by Gasteiger charge is -2.25. The first-order valence-electron chi connectivity index (χ1n) is 7.32. The highest BCUT2D eigenvalue weighted by Crippen LogP contribution is 2.25. The Kier molecular flexibility index (Phi) is 6.13. The van der Waals surface area contributed by atoms with E-state index < -0.39 is 0 Å². The molecule has 0 unspecified atom stereocenters. The van der Waals surface area contributed by atoms with Crippen molar-refractivity contribution in [2.45, 2.75) is 77.9 Å². The largest absolute Gasteiger partial charge is 0.366 e. The molecule has 0 aromatic rings. The molecule has 1 saturated carbocycles. The summed E-state index contributed by atoms with van der Waals surface area (Å²) in [5.41, 5.74) is -0.247. The summed E-state index contributed by atoms with van der Waals surface area (Å²) in [6, 6.07) is 0.277. The van der Waals surface area contributed by atoms with Crippen LogP contribution in [0, 0.1) is 5.92 Å². The molecule has 0 spiro atoms. The van der Waals surface area contributed by atoms with Crippen molar-refractivity contribution in [1.82, 2.24) is 5.32 Å². The van der Waals surface area contributed by atoms with Gasteiger partial charge in [-0.3, -0.25) is 4.79 Å². The molecule has 106 valence electrons. The van der Waals surface area contributed by atoms with E-state index in [1.807, 2.05) is 20.8 Å². The zero-order chi connectivity index (χ0) is 13.6. The van der Waals surface area contributed by atoms with Gasteiger partial charge in [-0.15, -0.1) is 0 Å². The maximum Gasteiger partial charge on any atom is 0.246 e. The van der Waals surface area contributed by atoms with E-state index in [2.05, 4.69) is 12.2 Å². The normalized spacial score (nSPS) is 20.2.